The second kappa shape index (κ2) is 15.4. The minimum absolute atomic E-state index is 0.0639. The van der Waals surface area contributed by atoms with Gasteiger partial charge < -0.3 is 26.2 Å². The molecule has 10 heteroatoms. The Morgan fingerprint density at radius 3 is 2.06 bits per heavy atom. The summed E-state index contributed by atoms with van der Waals surface area (Å²) >= 11 is 1.27. The molecule has 0 saturated carbocycles. The fraction of sp³-hybridized carbons (Fsp3) is 0.0526. The number of carbonyl (C=O) groups is 4. The van der Waals surface area contributed by atoms with E-state index in [-0.39, 0.29) is 16.9 Å². The van der Waals surface area contributed by atoms with Crippen LogP contribution in [-0.2, 0) is 9.59 Å². The zero-order chi connectivity index (χ0) is 34.0. The molecule has 0 spiro atoms. The highest BCUT2D eigenvalue weighted by molar-refractivity contribution is 8.00. The molecule has 0 aliphatic heterocycles. The van der Waals surface area contributed by atoms with Crippen molar-refractivity contribution in [2.24, 2.45) is 0 Å². The predicted octanol–water partition coefficient (Wildman–Crippen LogP) is 7.28. The predicted molar refractivity (Wildman–Crippen MR) is 187 cm³/mol. The molecule has 0 radical (unpaired) electrons. The standard InChI is InChI=1S/C38H31N3O6S/c1-24-9-8-10-25(21-24)22-32(41-35(43)27-13-6-3-7-14-27)36(44)39-28-15-18-30(19-16-28)48-34(26-11-4-2-5-12-26)37(45)40-29-17-20-33(42)31(23-29)38(46)47/h2-23,34,42H,1H3,(H,39,44)(H,40,45)(H,41,43)(H,46,47)/b32-22-. The molecule has 5 aromatic rings. The average Bonchev–Trinajstić information content (AvgIpc) is 3.09. The van der Waals surface area contributed by atoms with Crippen molar-refractivity contribution >= 4 is 52.9 Å². The van der Waals surface area contributed by atoms with Crippen LogP contribution >= 0.6 is 11.8 Å². The van der Waals surface area contributed by atoms with Crippen molar-refractivity contribution < 1.29 is 29.4 Å². The summed E-state index contributed by atoms with van der Waals surface area (Å²) in [4.78, 5) is 52.1. The molecule has 0 heterocycles. The number of nitrogens with one attached hydrogen (secondary N) is 3. The summed E-state index contributed by atoms with van der Waals surface area (Å²) in [5.74, 6) is -3.06. The number of aromatic carboxylic acids is 1. The number of carboxylic acid groups (broad SMARTS) is 1. The Hall–Kier alpha value is -6.13. The fourth-order valence-corrected chi connectivity index (χ4v) is 5.74. The highest BCUT2D eigenvalue weighted by atomic mass is 32.2. The number of rotatable bonds is 11. The van der Waals surface area contributed by atoms with Gasteiger partial charge in [-0.1, -0.05) is 78.4 Å². The third-order valence-electron chi connectivity index (χ3n) is 7.08. The van der Waals surface area contributed by atoms with E-state index in [1.165, 1.54) is 30.0 Å². The number of hydrogen-bond acceptors (Lipinski definition) is 6. The highest BCUT2D eigenvalue weighted by Gasteiger charge is 2.23. The Labute approximate surface area is 281 Å². The molecule has 0 aliphatic rings. The Balaban J connectivity index is 1.33. The van der Waals surface area contributed by atoms with Crippen molar-refractivity contribution in [2.75, 3.05) is 10.6 Å². The molecule has 240 valence electrons. The third-order valence-corrected chi connectivity index (χ3v) is 8.35. The molecule has 1 unspecified atom stereocenters. The van der Waals surface area contributed by atoms with E-state index in [0.717, 1.165) is 21.6 Å². The summed E-state index contributed by atoms with van der Waals surface area (Å²) in [5, 5.41) is 26.8. The lowest BCUT2D eigenvalue weighted by Crippen LogP contribution is -2.30. The maximum Gasteiger partial charge on any atom is 0.339 e. The van der Waals surface area contributed by atoms with Crippen molar-refractivity contribution in [2.45, 2.75) is 17.1 Å². The normalized spacial score (nSPS) is 11.6. The van der Waals surface area contributed by atoms with Gasteiger partial charge in [0, 0.05) is 21.8 Å². The van der Waals surface area contributed by atoms with Crippen LogP contribution < -0.4 is 16.0 Å². The second-order valence-corrected chi connectivity index (χ2v) is 11.9. The first kappa shape index (κ1) is 33.2. The summed E-state index contributed by atoms with van der Waals surface area (Å²) in [7, 11) is 0. The lowest BCUT2D eigenvalue weighted by Gasteiger charge is -2.18. The van der Waals surface area contributed by atoms with Gasteiger partial charge in [-0.05, 0) is 78.7 Å². The first-order valence-corrected chi connectivity index (χ1v) is 15.7. The van der Waals surface area contributed by atoms with Crippen LogP contribution in [0.5, 0.6) is 5.75 Å². The van der Waals surface area contributed by atoms with Gasteiger partial charge in [-0.15, -0.1) is 11.8 Å². The Bertz CT molecular complexity index is 1980. The summed E-state index contributed by atoms with van der Waals surface area (Å²) in [5.41, 5.74) is 3.31. The maximum absolute atomic E-state index is 13.5. The van der Waals surface area contributed by atoms with E-state index in [1.807, 2.05) is 61.5 Å². The zero-order valence-corrected chi connectivity index (χ0v) is 26.5. The summed E-state index contributed by atoms with van der Waals surface area (Å²) in [6.45, 7) is 1.94. The van der Waals surface area contributed by atoms with Gasteiger partial charge in [0.25, 0.3) is 11.8 Å². The first-order valence-electron chi connectivity index (χ1n) is 14.8. The van der Waals surface area contributed by atoms with Gasteiger partial charge in [0.15, 0.2) is 0 Å². The monoisotopic (exact) mass is 657 g/mol. The molecule has 0 aliphatic carbocycles. The molecule has 48 heavy (non-hydrogen) atoms. The van der Waals surface area contributed by atoms with E-state index in [4.69, 9.17) is 0 Å². The lowest BCUT2D eigenvalue weighted by molar-refractivity contribution is -0.116. The third kappa shape index (κ3) is 8.77. The number of aryl methyl sites for hydroxylation is 1. The number of carboxylic acids is 1. The van der Waals surface area contributed by atoms with E-state index < -0.39 is 34.7 Å². The molecule has 0 saturated heterocycles. The van der Waals surface area contributed by atoms with Crippen LogP contribution in [0.3, 0.4) is 0 Å². The van der Waals surface area contributed by atoms with Crippen LogP contribution in [0.25, 0.3) is 6.08 Å². The molecule has 0 aromatic heterocycles. The molecule has 5 rings (SSSR count). The Morgan fingerprint density at radius 2 is 1.40 bits per heavy atom. The van der Waals surface area contributed by atoms with Crippen LogP contribution in [0.1, 0.15) is 42.7 Å². The van der Waals surface area contributed by atoms with E-state index in [0.29, 0.717) is 11.3 Å². The molecule has 9 nitrogen and oxygen atoms in total. The number of amides is 3. The van der Waals surface area contributed by atoms with Crippen LogP contribution in [-0.4, -0.2) is 33.9 Å². The van der Waals surface area contributed by atoms with E-state index in [9.17, 15) is 29.4 Å². The van der Waals surface area contributed by atoms with Crippen molar-refractivity contribution in [3.8, 4) is 5.75 Å². The number of thioether (sulfide) groups is 1. The van der Waals surface area contributed by atoms with Crippen molar-refractivity contribution in [1.29, 1.82) is 0 Å². The van der Waals surface area contributed by atoms with Crippen molar-refractivity contribution in [1.82, 2.24) is 5.32 Å². The van der Waals surface area contributed by atoms with Crippen molar-refractivity contribution in [3.05, 3.63) is 161 Å². The van der Waals surface area contributed by atoms with E-state index in [1.54, 1.807) is 60.7 Å². The van der Waals surface area contributed by atoms with Crippen LogP contribution in [0, 0.1) is 6.92 Å². The van der Waals surface area contributed by atoms with Crippen LogP contribution in [0.2, 0.25) is 0 Å². The van der Waals surface area contributed by atoms with Gasteiger partial charge in [0.1, 0.15) is 22.3 Å². The Kier molecular flexibility index (Phi) is 10.7. The number of carbonyl (C=O) groups excluding carboxylic acids is 3. The first-order chi connectivity index (χ1) is 23.2. The molecule has 0 fully saturated rings. The van der Waals surface area contributed by atoms with E-state index >= 15 is 0 Å². The van der Waals surface area contributed by atoms with Gasteiger partial charge in [-0.25, -0.2) is 4.79 Å². The SMILES string of the molecule is Cc1cccc(/C=C(\NC(=O)c2ccccc2)C(=O)Nc2ccc(SC(C(=O)Nc3ccc(O)c(C(=O)O)c3)c3ccccc3)cc2)c1. The minimum Gasteiger partial charge on any atom is -0.507 e. The van der Waals surface area contributed by atoms with Gasteiger partial charge in [0.2, 0.25) is 5.91 Å². The highest BCUT2D eigenvalue weighted by Crippen LogP contribution is 2.37. The topological polar surface area (TPSA) is 145 Å². The molecule has 3 amide bonds. The maximum atomic E-state index is 13.5. The average molecular weight is 658 g/mol. The fourth-order valence-electron chi connectivity index (χ4n) is 4.71. The number of anilines is 2. The summed E-state index contributed by atoms with van der Waals surface area (Å²) in [6, 6.07) is 36.0. The molecule has 1 atom stereocenters. The van der Waals surface area contributed by atoms with Gasteiger partial charge in [0.05, 0.1) is 0 Å². The second-order valence-electron chi connectivity index (χ2n) is 10.7. The minimum atomic E-state index is -1.32. The molecular weight excluding hydrogens is 626 g/mol. The number of aromatic hydroxyl groups is 1. The van der Waals surface area contributed by atoms with Gasteiger partial charge >= 0.3 is 5.97 Å². The number of hydrogen-bond donors (Lipinski definition) is 5. The number of phenols is 1. The summed E-state index contributed by atoms with van der Waals surface area (Å²) < 4.78 is 0. The smallest absolute Gasteiger partial charge is 0.339 e. The quantitative estimate of drug-likeness (QED) is 0.0570. The largest absolute Gasteiger partial charge is 0.507 e. The van der Waals surface area contributed by atoms with Gasteiger partial charge in [-0.2, -0.15) is 0 Å². The van der Waals surface area contributed by atoms with Crippen molar-refractivity contribution in [3.63, 3.8) is 0 Å². The van der Waals surface area contributed by atoms with Crippen LogP contribution in [0.4, 0.5) is 11.4 Å². The molecule has 5 aromatic carbocycles. The molecule has 5 N–H and O–H groups in total. The zero-order valence-electron chi connectivity index (χ0n) is 25.7. The molecule has 0 bridgehead atoms. The number of benzene rings is 5. The lowest BCUT2D eigenvalue weighted by atomic mass is 10.1. The Morgan fingerprint density at radius 1 is 0.729 bits per heavy atom. The molecular formula is C38H31N3O6S. The summed E-state index contributed by atoms with van der Waals surface area (Å²) in [6.07, 6.45) is 1.62. The van der Waals surface area contributed by atoms with Gasteiger partial charge in [-0.3, -0.25) is 14.4 Å². The van der Waals surface area contributed by atoms with E-state index in [2.05, 4.69) is 16.0 Å². The van der Waals surface area contributed by atoms with Crippen LogP contribution in [0.15, 0.2) is 138 Å².